The topological polar surface area (TPSA) is 86.2 Å². The van der Waals surface area contributed by atoms with Crippen molar-refractivity contribution in [2.45, 2.75) is 4.90 Å². The lowest BCUT2D eigenvalue weighted by Crippen LogP contribution is -2.11. The van der Waals surface area contributed by atoms with Gasteiger partial charge in [-0.25, -0.2) is 0 Å². The largest absolute Gasteiger partial charge is 0.366 e. The lowest BCUT2D eigenvalue weighted by atomic mass is 10.2. The smallest absolute Gasteiger partial charge is 0.248 e. The SMILES string of the molecule is NCS(=O)c1ccc(C(N)=O)cc1. The second-order valence-corrected chi connectivity index (χ2v) is 3.90. The summed E-state index contributed by atoms with van der Waals surface area (Å²) in [5.74, 6) is -0.416. The molecule has 1 rings (SSSR count). The van der Waals surface area contributed by atoms with Crippen molar-refractivity contribution in [3.63, 3.8) is 0 Å². The van der Waals surface area contributed by atoms with Crippen LogP contribution in [0.1, 0.15) is 10.4 Å². The summed E-state index contributed by atoms with van der Waals surface area (Å²) in [7, 11) is -1.19. The average Bonchev–Trinajstić information content (AvgIpc) is 2.17. The maximum atomic E-state index is 11.2. The minimum Gasteiger partial charge on any atom is -0.366 e. The molecule has 0 heterocycles. The van der Waals surface area contributed by atoms with E-state index in [1.165, 1.54) is 12.1 Å². The first-order valence-electron chi connectivity index (χ1n) is 3.63. The number of benzene rings is 1. The number of hydrogen-bond donors (Lipinski definition) is 2. The van der Waals surface area contributed by atoms with E-state index in [0.29, 0.717) is 10.5 Å². The molecule has 1 atom stereocenters. The van der Waals surface area contributed by atoms with Gasteiger partial charge in [0.05, 0.1) is 16.7 Å². The van der Waals surface area contributed by atoms with Crippen LogP contribution in [0.2, 0.25) is 0 Å². The lowest BCUT2D eigenvalue weighted by molar-refractivity contribution is 0.1000. The number of carbonyl (C=O) groups is 1. The molecule has 0 saturated heterocycles. The average molecular weight is 198 g/mol. The van der Waals surface area contributed by atoms with Crippen molar-refractivity contribution in [3.05, 3.63) is 29.8 Å². The molecule has 4 N–H and O–H groups in total. The first kappa shape index (κ1) is 9.88. The van der Waals surface area contributed by atoms with E-state index in [4.69, 9.17) is 11.5 Å². The van der Waals surface area contributed by atoms with Crippen molar-refractivity contribution in [1.29, 1.82) is 0 Å². The van der Waals surface area contributed by atoms with Gasteiger partial charge in [0.2, 0.25) is 5.91 Å². The Bertz CT molecular complexity index is 335. The number of hydrogen-bond acceptors (Lipinski definition) is 3. The van der Waals surface area contributed by atoms with Gasteiger partial charge in [-0.15, -0.1) is 0 Å². The van der Waals surface area contributed by atoms with Gasteiger partial charge in [0.15, 0.2) is 0 Å². The van der Waals surface area contributed by atoms with Crippen LogP contribution in [0.3, 0.4) is 0 Å². The van der Waals surface area contributed by atoms with E-state index >= 15 is 0 Å². The maximum absolute atomic E-state index is 11.2. The van der Waals surface area contributed by atoms with Crippen LogP contribution in [-0.4, -0.2) is 16.0 Å². The number of nitrogens with two attached hydrogens (primary N) is 2. The molecule has 0 aliphatic carbocycles. The van der Waals surface area contributed by atoms with Crippen molar-refractivity contribution in [2.24, 2.45) is 11.5 Å². The Morgan fingerprint density at radius 2 is 1.85 bits per heavy atom. The van der Waals surface area contributed by atoms with Gasteiger partial charge in [-0.2, -0.15) is 0 Å². The van der Waals surface area contributed by atoms with Crippen LogP contribution >= 0.6 is 0 Å². The zero-order valence-electron chi connectivity index (χ0n) is 6.90. The van der Waals surface area contributed by atoms with Crippen LogP contribution in [0.25, 0.3) is 0 Å². The van der Waals surface area contributed by atoms with Crippen molar-refractivity contribution in [2.75, 3.05) is 5.88 Å². The zero-order chi connectivity index (χ0) is 9.84. The molecule has 0 saturated carbocycles. The number of amides is 1. The highest BCUT2D eigenvalue weighted by Gasteiger charge is 2.03. The molecule has 4 nitrogen and oxygen atoms in total. The first-order chi connectivity index (χ1) is 6.15. The Morgan fingerprint density at radius 3 is 2.23 bits per heavy atom. The Labute approximate surface area is 78.4 Å². The fourth-order valence-electron chi connectivity index (χ4n) is 0.867. The highest BCUT2D eigenvalue weighted by atomic mass is 32.2. The van der Waals surface area contributed by atoms with Crippen LogP contribution in [0.15, 0.2) is 29.2 Å². The quantitative estimate of drug-likeness (QED) is 0.705. The minimum absolute atomic E-state index is 0.0793. The summed E-state index contributed by atoms with van der Waals surface area (Å²) in [6.45, 7) is 0. The van der Waals surface area contributed by atoms with E-state index in [-0.39, 0.29) is 5.88 Å². The Morgan fingerprint density at radius 1 is 1.31 bits per heavy atom. The fourth-order valence-corrected chi connectivity index (χ4v) is 1.50. The number of carbonyl (C=O) groups excluding carboxylic acids is 1. The summed E-state index contributed by atoms with van der Waals surface area (Å²) in [5, 5.41) is 0. The predicted molar refractivity (Wildman–Crippen MR) is 50.4 cm³/mol. The van der Waals surface area contributed by atoms with Crippen molar-refractivity contribution < 1.29 is 9.00 Å². The minimum atomic E-state index is -1.19. The highest BCUT2D eigenvalue weighted by molar-refractivity contribution is 7.85. The molecule has 1 aromatic carbocycles. The van der Waals surface area contributed by atoms with Gasteiger partial charge in [0.1, 0.15) is 0 Å². The molecule has 1 unspecified atom stereocenters. The van der Waals surface area contributed by atoms with Gasteiger partial charge in [-0.05, 0) is 24.3 Å². The summed E-state index contributed by atoms with van der Waals surface area (Å²) in [4.78, 5) is 11.3. The molecule has 5 heteroatoms. The van der Waals surface area contributed by atoms with Crippen molar-refractivity contribution in [3.8, 4) is 0 Å². The molecule has 0 aliphatic rings. The third-order valence-electron chi connectivity index (χ3n) is 1.55. The van der Waals surface area contributed by atoms with Crippen molar-refractivity contribution >= 4 is 16.7 Å². The molecule has 0 bridgehead atoms. The molecule has 70 valence electrons. The highest BCUT2D eigenvalue weighted by Crippen LogP contribution is 2.07. The molecule has 0 radical (unpaired) electrons. The molecular weight excluding hydrogens is 188 g/mol. The summed E-state index contributed by atoms with van der Waals surface area (Å²) < 4.78 is 11.2. The van der Waals surface area contributed by atoms with Gasteiger partial charge < -0.3 is 11.5 Å². The second-order valence-electron chi connectivity index (χ2n) is 2.40. The van der Waals surface area contributed by atoms with E-state index < -0.39 is 16.7 Å². The van der Waals surface area contributed by atoms with Gasteiger partial charge in [-0.1, -0.05) is 0 Å². The van der Waals surface area contributed by atoms with Crippen molar-refractivity contribution in [1.82, 2.24) is 0 Å². The number of primary amides is 1. The van der Waals surface area contributed by atoms with E-state index in [1.54, 1.807) is 12.1 Å². The summed E-state index contributed by atoms with van der Waals surface area (Å²) >= 11 is 0. The standard InChI is InChI=1S/C8H10N2O2S/c9-5-13(12)7-3-1-6(2-4-7)8(10)11/h1-4H,5,9H2,(H2,10,11). The van der Waals surface area contributed by atoms with Gasteiger partial charge in [0.25, 0.3) is 0 Å². The van der Waals surface area contributed by atoms with Crippen LogP contribution in [0.4, 0.5) is 0 Å². The first-order valence-corrected chi connectivity index (χ1v) is 4.95. The molecule has 0 aliphatic heterocycles. The monoisotopic (exact) mass is 198 g/mol. The van der Waals surface area contributed by atoms with Crippen LogP contribution in [-0.2, 0) is 10.8 Å². The Hall–Kier alpha value is -1.20. The maximum Gasteiger partial charge on any atom is 0.248 e. The van der Waals surface area contributed by atoms with Crippen LogP contribution in [0, 0.1) is 0 Å². The summed E-state index contributed by atoms with van der Waals surface area (Å²) in [5.41, 5.74) is 10.6. The van der Waals surface area contributed by atoms with E-state index in [9.17, 15) is 9.00 Å². The molecule has 13 heavy (non-hydrogen) atoms. The normalized spacial score (nSPS) is 12.4. The van der Waals surface area contributed by atoms with E-state index in [0.717, 1.165) is 0 Å². The second kappa shape index (κ2) is 4.15. The van der Waals surface area contributed by atoms with Gasteiger partial charge in [0, 0.05) is 10.5 Å². The van der Waals surface area contributed by atoms with Crippen LogP contribution in [0.5, 0.6) is 0 Å². The van der Waals surface area contributed by atoms with E-state index in [2.05, 4.69) is 0 Å². The predicted octanol–water partition coefficient (Wildman–Crippen LogP) is -0.191. The third kappa shape index (κ3) is 2.37. The Kier molecular flexibility index (Phi) is 3.16. The van der Waals surface area contributed by atoms with Gasteiger partial charge in [-0.3, -0.25) is 9.00 Å². The summed E-state index contributed by atoms with van der Waals surface area (Å²) in [6.07, 6.45) is 0. The molecule has 0 aromatic heterocycles. The number of rotatable bonds is 3. The molecular formula is C8H10N2O2S. The lowest BCUT2D eigenvalue weighted by Gasteiger charge is -1.99. The fraction of sp³-hybridized carbons (Fsp3) is 0.125. The van der Waals surface area contributed by atoms with Crippen LogP contribution < -0.4 is 11.5 Å². The molecule has 1 aromatic rings. The molecule has 0 fully saturated rings. The zero-order valence-corrected chi connectivity index (χ0v) is 7.71. The van der Waals surface area contributed by atoms with Gasteiger partial charge >= 0.3 is 0 Å². The third-order valence-corrected chi connectivity index (χ3v) is 2.65. The van der Waals surface area contributed by atoms with E-state index in [1.807, 2.05) is 0 Å². The molecule has 0 spiro atoms. The summed E-state index contributed by atoms with van der Waals surface area (Å²) in [6, 6.07) is 6.24. The molecule has 1 amide bonds. The Balaban J connectivity index is 2.93.